The number of anilines is 1. The second-order valence-electron chi connectivity index (χ2n) is 4.51. The molecule has 0 unspecified atom stereocenters. The minimum Gasteiger partial charge on any atom is -0.471 e. The van der Waals surface area contributed by atoms with Crippen molar-refractivity contribution in [3.05, 3.63) is 49.0 Å². The fourth-order valence-electron chi connectivity index (χ4n) is 2.33. The Bertz CT molecular complexity index is 816. The zero-order valence-corrected chi connectivity index (χ0v) is 10.2. The van der Waals surface area contributed by atoms with Gasteiger partial charge in [0.25, 0.3) is 0 Å². The molecule has 0 aliphatic carbocycles. The quantitative estimate of drug-likeness (QED) is 0.795. The molecule has 2 aliphatic heterocycles. The van der Waals surface area contributed by atoms with Crippen molar-refractivity contribution in [3.63, 3.8) is 0 Å². The van der Waals surface area contributed by atoms with Crippen LogP contribution in [0.2, 0.25) is 0 Å². The van der Waals surface area contributed by atoms with Crippen molar-refractivity contribution in [2.75, 3.05) is 4.90 Å². The lowest BCUT2D eigenvalue weighted by Crippen LogP contribution is -2.29. The Labute approximate surface area is 113 Å². The fourth-order valence-corrected chi connectivity index (χ4v) is 2.33. The SMILES string of the molecule is O=C(O)N1C=CN2C(=C1)C=Nc1cc3cocc3cc12. The number of furan rings is 1. The third kappa shape index (κ3) is 1.45. The summed E-state index contributed by atoms with van der Waals surface area (Å²) in [5.74, 6) is 0. The number of carbonyl (C=O) groups is 1. The van der Waals surface area contributed by atoms with E-state index < -0.39 is 6.09 Å². The molecule has 0 saturated heterocycles. The van der Waals surface area contributed by atoms with Gasteiger partial charge < -0.3 is 14.4 Å². The highest BCUT2D eigenvalue weighted by Crippen LogP contribution is 2.39. The Morgan fingerprint density at radius 1 is 1.20 bits per heavy atom. The van der Waals surface area contributed by atoms with Crippen LogP contribution in [0, 0.1) is 0 Å². The molecular weight excluding hydrogens is 258 g/mol. The predicted molar refractivity (Wildman–Crippen MR) is 73.9 cm³/mol. The number of fused-ring (bicyclic) bond motifs is 4. The molecule has 3 heterocycles. The van der Waals surface area contributed by atoms with E-state index in [1.807, 2.05) is 17.0 Å². The van der Waals surface area contributed by atoms with Crippen LogP contribution in [0.5, 0.6) is 0 Å². The number of nitrogens with zero attached hydrogens (tertiary/aromatic N) is 3. The average Bonchev–Trinajstić information content (AvgIpc) is 2.91. The van der Waals surface area contributed by atoms with Gasteiger partial charge in [-0.2, -0.15) is 0 Å². The summed E-state index contributed by atoms with van der Waals surface area (Å²) in [4.78, 5) is 18.3. The maximum absolute atomic E-state index is 11.0. The first-order valence-corrected chi connectivity index (χ1v) is 5.97. The van der Waals surface area contributed by atoms with Crippen LogP contribution in [0.15, 0.2) is 58.4 Å². The molecule has 4 rings (SSSR count). The summed E-state index contributed by atoms with van der Waals surface area (Å²) in [5.41, 5.74) is 2.42. The maximum atomic E-state index is 11.0. The molecule has 6 nitrogen and oxygen atoms in total. The number of hydrogen-bond acceptors (Lipinski definition) is 4. The van der Waals surface area contributed by atoms with E-state index in [1.165, 1.54) is 12.4 Å². The van der Waals surface area contributed by atoms with Crippen LogP contribution in [0.3, 0.4) is 0 Å². The normalized spacial score (nSPS) is 16.1. The first-order valence-electron chi connectivity index (χ1n) is 5.97. The van der Waals surface area contributed by atoms with Crippen molar-refractivity contribution >= 4 is 34.5 Å². The highest BCUT2D eigenvalue weighted by molar-refractivity contribution is 6.00. The molecule has 1 N–H and O–H groups in total. The average molecular weight is 267 g/mol. The van der Waals surface area contributed by atoms with E-state index in [4.69, 9.17) is 9.52 Å². The van der Waals surface area contributed by atoms with Gasteiger partial charge in [0.2, 0.25) is 0 Å². The molecule has 1 aromatic carbocycles. The van der Waals surface area contributed by atoms with Crippen molar-refractivity contribution in [3.8, 4) is 0 Å². The molecule has 1 aromatic heterocycles. The van der Waals surface area contributed by atoms with Gasteiger partial charge in [0.05, 0.1) is 35.8 Å². The number of rotatable bonds is 0. The van der Waals surface area contributed by atoms with E-state index in [2.05, 4.69) is 4.99 Å². The highest BCUT2D eigenvalue weighted by atomic mass is 16.4. The summed E-state index contributed by atoms with van der Waals surface area (Å²) >= 11 is 0. The van der Waals surface area contributed by atoms with Crippen LogP contribution in [-0.2, 0) is 0 Å². The third-order valence-electron chi connectivity index (χ3n) is 3.31. The Kier molecular flexibility index (Phi) is 2.03. The van der Waals surface area contributed by atoms with Crippen LogP contribution >= 0.6 is 0 Å². The van der Waals surface area contributed by atoms with Crippen molar-refractivity contribution in [2.45, 2.75) is 0 Å². The molecule has 0 saturated carbocycles. The van der Waals surface area contributed by atoms with Crippen LogP contribution in [0.4, 0.5) is 16.2 Å². The van der Waals surface area contributed by atoms with Crippen molar-refractivity contribution in [1.82, 2.24) is 4.90 Å². The van der Waals surface area contributed by atoms with Gasteiger partial charge in [-0.05, 0) is 12.1 Å². The molecule has 0 spiro atoms. The Morgan fingerprint density at radius 2 is 2.00 bits per heavy atom. The van der Waals surface area contributed by atoms with E-state index in [1.54, 1.807) is 24.9 Å². The summed E-state index contributed by atoms with van der Waals surface area (Å²) in [6.45, 7) is 0. The monoisotopic (exact) mass is 267 g/mol. The largest absolute Gasteiger partial charge is 0.471 e. The number of hydrogen-bond donors (Lipinski definition) is 1. The lowest BCUT2D eigenvalue weighted by atomic mass is 10.1. The third-order valence-corrected chi connectivity index (χ3v) is 3.31. The molecule has 98 valence electrons. The number of benzene rings is 1. The Morgan fingerprint density at radius 3 is 2.80 bits per heavy atom. The number of carboxylic acid groups (broad SMARTS) is 1. The van der Waals surface area contributed by atoms with Gasteiger partial charge >= 0.3 is 6.09 Å². The lowest BCUT2D eigenvalue weighted by Gasteiger charge is -2.30. The van der Waals surface area contributed by atoms with Gasteiger partial charge in [-0.25, -0.2) is 4.79 Å². The van der Waals surface area contributed by atoms with Crippen LogP contribution in [0.25, 0.3) is 10.8 Å². The molecule has 0 fully saturated rings. The van der Waals surface area contributed by atoms with E-state index in [-0.39, 0.29) is 0 Å². The van der Waals surface area contributed by atoms with E-state index in [9.17, 15) is 4.79 Å². The Hall–Kier alpha value is -3.02. The Balaban J connectivity index is 1.86. The number of aliphatic imine (C=N–C) groups is 1. The minimum absolute atomic E-state index is 0.699. The molecule has 1 amide bonds. The molecular formula is C14H9N3O3. The topological polar surface area (TPSA) is 69.3 Å². The molecule has 2 aliphatic rings. The minimum atomic E-state index is -1.03. The zero-order valence-electron chi connectivity index (χ0n) is 10.2. The summed E-state index contributed by atoms with van der Waals surface area (Å²) in [7, 11) is 0. The van der Waals surface area contributed by atoms with Crippen molar-refractivity contribution < 1.29 is 14.3 Å². The second kappa shape index (κ2) is 3.74. The van der Waals surface area contributed by atoms with Gasteiger partial charge in [-0.1, -0.05) is 0 Å². The van der Waals surface area contributed by atoms with Crippen LogP contribution < -0.4 is 4.90 Å². The first kappa shape index (κ1) is 10.9. The smallest absolute Gasteiger partial charge is 0.415 e. The molecule has 0 atom stereocenters. The van der Waals surface area contributed by atoms with Gasteiger partial charge in [0.1, 0.15) is 0 Å². The second-order valence-corrected chi connectivity index (χ2v) is 4.51. The lowest BCUT2D eigenvalue weighted by molar-refractivity contribution is 0.175. The molecule has 2 aromatic rings. The maximum Gasteiger partial charge on any atom is 0.415 e. The predicted octanol–water partition coefficient (Wildman–Crippen LogP) is 3.26. The van der Waals surface area contributed by atoms with E-state index in [0.717, 1.165) is 27.0 Å². The fraction of sp³-hybridized carbons (Fsp3) is 0. The number of amides is 1. The van der Waals surface area contributed by atoms with Gasteiger partial charge in [0.15, 0.2) is 0 Å². The molecule has 20 heavy (non-hydrogen) atoms. The standard InChI is InChI=1S/C14H9N3O3/c18-14(19)16-1-2-17-11(6-16)5-15-12-3-9-7-20-8-10(9)4-13(12)17/h1-8H,(H,18,19). The van der Waals surface area contributed by atoms with Crippen molar-refractivity contribution in [2.24, 2.45) is 4.99 Å². The van der Waals surface area contributed by atoms with E-state index >= 15 is 0 Å². The van der Waals surface area contributed by atoms with Gasteiger partial charge in [-0.15, -0.1) is 0 Å². The molecule has 0 bridgehead atoms. The van der Waals surface area contributed by atoms with Crippen LogP contribution in [0.1, 0.15) is 0 Å². The zero-order chi connectivity index (χ0) is 13.7. The van der Waals surface area contributed by atoms with Gasteiger partial charge in [-0.3, -0.25) is 9.89 Å². The summed E-state index contributed by atoms with van der Waals surface area (Å²) < 4.78 is 5.18. The first-order chi connectivity index (χ1) is 9.72. The summed E-state index contributed by atoms with van der Waals surface area (Å²) in [5, 5.41) is 11.0. The summed E-state index contributed by atoms with van der Waals surface area (Å²) in [6, 6.07) is 3.91. The van der Waals surface area contributed by atoms with E-state index in [0.29, 0.717) is 5.70 Å². The van der Waals surface area contributed by atoms with Crippen LogP contribution in [-0.4, -0.2) is 22.3 Å². The molecule has 0 radical (unpaired) electrons. The molecule has 6 heteroatoms. The van der Waals surface area contributed by atoms with Gasteiger partial charge in [0, 0.05) is 29.4 Å². The van der Waals surface area contributed by atoms with Crippen molar-refractivity contribution in [1.29, 1.82) is 0 Å². The summed E-state index contributed by atoms with van der Waals surface area (Å²) in [6.07, 6.45) is 8.69. The number of allylic oxidation sites excluding steroid dienone is 1. The highest BCUT2D eigenvalue weighted by Gasteiger charge is 2.22.